The predicted octanol–water partition coefficient (Wildman–Crippen LogP) is 5.22. The fourth-order valence-electron chi connectivity index (χ4n) is 3.80. The summed E-state index contributed by atoms with van der Waals surface area (Å²) in [4.78, 5) is 3.42. The molecule has 4 heteroatoms. The number of benzene rings is 2. The van der Waals surface area contributed by atoms with Gasteiger partial charge in [-0.15, -0.1) is 0 Å². The molecule has 2 atom stereocenters. The van der Waals surface area contributed by atoms with Crippen molar-refractivity contribution in [3.8, 4) is 11.5 Å². The van der Waals surface area contributed by atoms with E-state index in [1.807, 2.05) is 19.9 Å². The summed E-state index contributed by atoms with van der Waals surface area (Å²) in [6.45, 7) is 9.77. The van der Waals surface area contributed by atoms with E-state index < -0.39 is 11.7 Å². The van der Waals surface area contributed by atoms with Crippen molar-refractivity contribution in [3.05, 3.63) is 53.6 Å². The predicted molar refractivity (Wildman–Crippen MR) is 110 cm³/mol. The highest BCUT2D eigenvalue weighted by Crippen LogP contribution is 2.42. The smallest absolute Gasteiger partial charge is 0.132 e. The topological polar surface area (TPSA) is 65.5 Å². The van der Waals surface area contributed by atoms with Crippen LogP contribution in [0.5, 0.6) is 11.5 Å². The van der Waals surface area contributed by atoms with Gasteiger partial charge in [0.15, 0.2) is 0 Å². The highest BCUT2D eigenvalue weighted by atomic mass is 16.5. The molecular weight excluding hydrogens is 338 g/mol. The Labute approximate surface area is 158 Å². The number of phenolic OH excluding ortho intramolecular Hbond substituents is 1. The molecule has 1 aliphatic rings. The first-order valence-electron chi connectivity index (χ1n) is 9.27. The second-order valence-corrected chi connectivity index (χ2v) is 7.86. The van der Waals surface area contributed by atoms with Gasteiger partial charge in [-0.25, -0.2) is 0 Å². The number of aliphatic hydroxyl groups is 1. The van der Waals surface area contributed by atoms with Crippen LogP contribution in [0.1, 0.15) is 37.8 Å². The number of aryl methyl sites for hydroxylation is 1. The van der Waals surface area contributed by atoms with Crippen LogP contribution in [-0.2, 0) is 0 Å². The molecule has 0 bridgehead atoms. The highest BCUT2D eigenvalue weighted by molar-refractivity contribution is 6.11. The van der Waals surface area contributed by atoms with Gasteiger partial charge in [-0.1, -0.05) is 12.2 Å². The Morgan fingerprint density at radius 2 is 2.07 bits per heavy atom. The Morgan fingerprint density at radius 1 is 1.30 bits per heavy atom. The van der Waals surface area contributed by atoms with Gasteiger partial charge in [-0.2, -0.15) is 0 Å². The van der Waals surface area contributed by atoms with Crippen molar-refractivity contribution in [3.63, 3.8) is 0 Å². The van der Waals surface area contributed by atoms with Crippen molar-refractivity contribution in [1.29, 1.82) is 0 Å². The van der Waals surface area contributed by atoms with E-state index >= 15 is 0 Å². The molecule has 0 amide bonds. The molecular formula is C23H25NO3. The number of rotatable bonds is 4. The van der Waals surface area contributed by atoms with Gasteiger partial charge in [0.25, 0.3) is 0 Å². The van der Waals surface area contributed by atoms with E-state index in [9.17, 15) is 10.2 Å². The summed E-state index contributed by atoms with van der Waals surface area (Å²) < 4.78 is 6.41. The van der Waals surface area contributed by atoms with E-state index in [0.29, 0.717) is 12.8 Å². The zero-order chi connectivity index (χ0) is 19.3. The molecule has 2 unspecified atom stereocenters. The lowest BCUT2D eigenvalue weighted by Crippen LogP contribution is -2.33. The van der Waals surface area contributed by atoms with Crippen LogP contribution in [0.4, 0.5) is 0 Å². The number of fused-ring (bicyclic) bond motifs is 5. The second-order valence-electron chi connectivity index (χ2n) is 7.86. The minimum atomic E-state index is -0.509. The maximum absolute atomic E-state index is 10.1. The second kappa shape index (κ2) is 6.17. The fourth-order valence-corrected chi connectivity index (χ4v) is 3.80. The lowest BCUT2D eigenvalue weighted by molar-refractivity contribution is 0.101. The molecule has 0 aliphatic carbocycles. The Hall–Kier alpha value is -2.72. The largest absolute Gasteiger partial charge is 0.508 e. The summed E-state index contributed by atoms with van der Waals surface area (Å²) in [6, 6.07) is 7.52. The van der Waals surface area contributed by atoms with Crippen LogP contribution in [-0.4, -0.2) is 26.9 Å². The monoisotopic (exact) mass is 363 g/mol. The van der Waals surface area contributed by atoms with Crippen molar-refractivity contribution in [2.75, 3.05) is 0 Å². The Balaban J connectivity index is 1.76. The molecule has 2 heterocycles. The Kier molecular flexibility index (Phi) is 4.04. The molecule has 3 aromatic rings. The lowest BCUT2D eigenvalue weighted by atomic mass is 9.91. The number of hydrogen-bond acceptors (Lipinski definition) is 3. The molecule has 0 radical (unpaired) electrons. The molecule has 3 N–H and O–H groups in total. The first-order valence-corrected chi connectivity index (χ1v) is 9.27. The first kappa shape index (κ1) is 17.7. The van der Waals surface area contributed by atoms with Crippen LogP contribution in [0, 0.1) is 6.92 Å². The normalized spacial score (nSPS) is 19.9. The van der Waals surface area contributed by atoms with Gasteiger partial charge in [0.1, 0.15) is 17.1 Å². The molecule has 0 saturated carbocycles. The van der Waals surface area contributed by atoms with E-state index in [-0.39, 0.29) is 5.75 Å². The van der Waals surface area contributed by atoms with E-state index in [2.05, 4.69) is 36.7 Å². The summed E-state index contributed by atoms with van der Waals surface area (Å²) >= 11 is 0. The number of H-pyrrole nitrogens is 1. The summed E-state index contributed by atoms with van der Waals surface area (Å²) in [7, 11) is 0. The average molecular weight is 363 g/mol. The Morgan fingerprint density at radius 3 is 2.81 bits per heavy atom. The van der Waals surface area contributed by atoms with Crippen LogP contribution < -0.4 is 4.74 Å². The van der Waals surface area contributed by atoms with Gasteiger partial charge in [0, 0.05) is 22.4 Å². The number of hydrogen-bond donors (Lipinski definition) is 3. The molecule has 4 rings (SSSR count). The molecule has 0 saturated heterocycles. The fraction of sp³-hybridized carbons (Fsp3) is 0.304. The zero-order valence-corrected chi connectivity index (χ0v) is 16.0. The van der Waals surface area contributed by atoms with Crippen LogP contribution in [0.3, 0.4) is 0 Å². The van der Waals surface area contributed by atoms with Crippen LogP contribution >= 0.6 is 0 Å². The third-order valence-corrected chi connectivity index (χ3v) is 5.48. The van der Waals surface area contributed by atoms with E-state index in [1.165, 1.54) is 0 Å². The molecule has 2 aromatic carbocycles. The van der Waals surface area contributed by atoms with Gasteiger partial charge < -0.3 is 19.9 Å². The molecule has 0 fully saturated rings. The molecule has 4 nitrogen and oxygen atoms in total. The quantitative estimate of drug-likeness (QED) is 0.557. The first-order chi connectivity index (χ1) is 12.8. The van der Waals surface area contributed by atoms with Gasteiger partial charge in [-0.3, -0.25) is 0 Å². The lowest BCUT2D eigenvalue weighted by Gasteiger charge is -2.33. The highest BCUT2D eigenvalue weighted by Gasteiger charge is 2.30. The van der Waals surface area contributed by atoms with Crippen molar-refractivity contribution in [1.82, 2.24) is 4.98 Å². The van der Waals surface area contributed by atoms with Crippen molar-refractivity contribution in [2.45, 2.75) is 45.3 Å². The maximum Gasteiger partial charge on any atom is 0.132 e. The van der Waals surface area contributed by atoms with Gasteiger partial charge >= 0.3 is 0 Å². The SMILES string of the molecule is C=C(C)C(O)CCC1(C)C=Cc2c(c(C)cc3c2[nH]c2cc(O)ccc23)O1. The van der Waals surface area contributed by atoms with Crippen molar-refractivity contribution in [2.24, 2.45) is 0 Å². The third-order valence-electron chi connectivity index (χ3n) is 5.48. The average Bonchev–Trinajstić information content (AvgIpc) is 2.97. The number of aromatic hydroxyl groups is 1. The van der Waals surface area contributed by atoms with E-state index in [0.717, 1.165) is 44.3 Å². The third kappa shape index (κ3) is 3.00. The number of aromatic amines is 1. The van der Waals surface area contributed by atoms with E-state index in [1.54, 1.807) is 12.1 Å². The summed E-state index contributed by atoms with van der Waals surface area (Å²) in [5, 5.41) is 22.0. The zero-order valence-electron chi connectivity index (χ0n) is 16.0. The van der Waals surface area contributed by atoms with Crippen molar-refractivity contribution >= 4 is 27.9 Å². The molecule has 27 heavy (non-hydrogen) atoms. The molecule has 1 aromatic heterocycles. The number of nitrogens with one attached hydrogen (secondary N) is 1. The molecule has 140 valence electrons. The van der Waals surface area contributed by atoms with Crippen LogP contribution in [0.2, 0.25) is 0 Å². The summed E-state index contributed by atoms with van der Waals surface area (Å²) in [6.07, 6.45) is 4.98. The summed E-state index contributed by atoms with van der Waals surface area (Å²) in [5.41, 5.74) is 4.33. The molecule has 0 spiro atoms. The summed E-state index contributed by atoms with van der Waals surface area (Å²) in [5.74, 6) is 1.11. The molecule has 1 aliphatic heterocycles. The minimum absolute atomic E-state index is 0.245. The van der Waals surface area contributed by atoms with Gasteiger partial charge in [0.05, 0.1) is 17.1 Å². The number of ether oxygens (including phenoxy) is 1. The maximum atomic E-state index is 10.1. The Bertz CT molecular complexity index is 1090. The number of phenols is 1. The van der Waals surface area contributed by atoms with Crippen LogP contribution in [0.25, 0.3) is 27.9 Å². The number of aliphatic hydroxyl groups excluding tert-OH is 1. The van der Waals surface area contributed by atoms with E-state index in [4.69, 9.17) is 4.74 Å². The minimum Gasteiger partial charge on any atom is -0.508 e. The van der Waals surface area contributed by atoms with Crippen LogP contribution in [0.15, 0.2) is 42.5 Å². The van der Waals surface area contributed by atoms with Gasteiger partial charge in [-0.05, 0) is 69.5 Å². The van der Waals surface area contributed by atoms with Gasteiger partial charge in [0.2, 0.25) is 0 Å². The van der Waals surface area contributed by atoms with Crippen molar-refractivity contribution < 1.29 is 14.9 Å². The number of aromatic nitrogens is 1. The standard InChI is InChI=1S/C23H25NO3/c1-13(2)20(26)8-10-23(4)9-7-17-21-18(11-14(3)22(17)27-23)16-6-5-15(25)12-19(16)24-21/h5-7,9,11-12,20,24-26H,1,8,10H2,2-4H3.